The van der Waals surface area contributed by atoms with Crippen molar-refractivity contribution in [1.29, 1.82) is 0 Å². The van der Waals surface area contributed by atoms with Gasteiger partial charge in [0.25, 0.3) is 5.91 Å². The number of benzene rings is 1. The lowest BCUT2D eigenvalue weighted by molar-refractivity contribution is -0.127. The fourth-order valence-electron chi connectivity index (χ4n) is 3.49. The van der Waals surface area contributed by atoms with E-state index in [1.807, 2.05) is 30.3 Å². The van der Waals surface area contributed by atoms with Crippen molar-refractivity contribution < 1.29 is 14.4 Å². The van der Waals surface area contributed by atoms with E-state index in [2.05, 4.69) is 10.3 Å². The van der Waals surface area contributed by atoms with Gasteiger partial charge in [-0.15, -0.1) is 0 Å². The first-order valence-corrected chi connectivity index (χ1v) is 8.10. The van der Waals surface area contributed by atoms with Gasteiger partial charge in [-0.1, -0.05) is 18.2 Å². The summed E-state index contributed by atoms with van der Waals surface area (Å²) in [6.45, 7) is 1.15. The highest BCUT2D eigenvalue weighted by Crippen LogP contribution is 2.22. The number of carbonyl (C=O) groups is 3. The molecule has 2 saturated heterocycles. The van der Waals surface area contributed by atoms with Crippen LogP contribution in [-0.2, 0) is 4.79 Å². The molecule has 124 valence electrons. The number of H-pyrrole nitrogens is 1. The van der Waals surface area contributed by atoms with E-state index in [9.17, 15) is 14.4 Å². The summed E-state index contributed by atoms with van der Waals surface area (Å²) in [5, 5.41) is 3.55. The number of urea groups is 1. The zero-order valence-corrected chi connectivity index (χ0v) is 13.1. The lowest BCUT2D eigenvalue weighted by Gasteiger charge is -2.35. The molecule has 7 nitrogen and oxygen atoms in total. The van der Waals surface area contributed by atoms with Gasteiger partial charge in [-0.3, -0.25) is 14.5 Å². The molecule has 2 aromatic rings. The molecule has 2 aliphatic rings. The van der Waals surface area contributed by atoms with Crippen molar-refractivity contribution in [2.45, 2.75) is 18.9 Å². The Labute approximate surface area is 138 Å². The SMILES string of the molecule is O=C(c1cc2ccccc2[nH]1)N1CCC(N2C(=O)CNC2=O)CC1. The van der Waals surface area contributed by atoms with Crippen LogP contribution in [0.3, 0.4) is 0 Å². The van der Waals surface area contributed by atoms with Gasteiger partial charge in [0, 0.05) is 30.0 Å². The summed E-state index contributed by atoms with van der Waals surface area (Å²) in [6.07, 6.45) is 1.23. The highest BCUT2D eigenvalue weighted by molar-refractivity contribution is 6.02. The fourth-order valence-corrected chi connectivity index (χ4v) is 3.49. The zero-order chi connectivity index (χ0) is 16.7. The number of likely N-dealkylation sites (tertiary alicyclic amines) is 1. The summed E-state index contributed by atoms with van der Waals surface area (Å²) in [5.74, 6) is -0.220. The van der Waals surface area contributed by atoms with Crippen molar-refractivity contribution in [3.63, 3.8) is 0 Å². The summed E-state index contributed by atoms with van der Waals surface area (Å²) in [6, 6.07) is 9.20. The van der Waals surface area contributed by atoms with Crippen LogP contribution >= 0.6 is 0 Å². The van der Waals surface area contributed by atoms with E-state index >= 15 is 0 Å². The Morgan fingerprint density at radius 1 is 1.12 bits per heavy atom. The molecular weight excluding hydrogens is 308 g/mol. The zero-order valence-electron chi connectivity index (χ0n) is 13.1. The highest BCUT2D eigenvalue weighted by Gasteiger charge is 2.37. The molecule has 0 saturated carbocycles. The van der Waals surface area contributed by atoms with Gasteiger partial charge in [0.05, 0.1) is 6.54 Å². The van der Waals surface area contributed by atoms with E-state index in [0.29, 0.717) is 31.6 Å². The quantitative estimate of drug-likeness (QED) is 0.816. The van der Waals surface area contributed by atoms with Crippen LogP contribution in [0.5, 0.6) is 0 Å². The van der Waals surface area contributed by atoms with E-state index < -0.39 is 0 Å². The second-order valence-electron chi connectivity index (χ2n) is 6.22. The molecule has 4 rings (SSSR count). The lowest BCUT2D eigenvalue weighted by Crippen LogP contribution is -2.49. The van der Waals surface area contributed by atoms with Crippen LogP contribution in [0, 0.1) is 0 Å². The topological polar surface area (TPSA) is 85.5 Å². The van der Waals surface area contributed by atoms with E-state index in [-0.39, 0.29) is 30.4 Å². The summed E-state index contributed by atoms with van der Waals surface area (Å²) in [4.78, 5) is 42.4. The smallest absolute Gasteiger partial charge is 0.324 e. The minimum Gasteiger partial charge on any atom is -0.351 e. The van der Waals surface area contributed by atoms with Gasteiger partial charge in [-0.25, -0.2) is 4.79 Å². The van der Waals surface area contributed by atoms with Crippen LogP contribution in [0.1, 0.15) is 23.3 Å². The van der Waals surface area contributed by atoms with Crippen molar-refractivity contribution >= 4 is 28.7 Å². The number of para-hydroxylation sites is 1. The number of amides is 4. The molecule has 2 N–H and O–H groups in total. The molecular formula is C17H18N4O3. The van der Waals surface area contributed by atoms with Crippen LogP contribution < -0.4 is 5.32 Å². The molecule has 0 spiro atoms. The maximum Gasteiger partial charge on any atom is 0.324 e. The maximum absolute atomic E-state index is 12.7. The Balaban J connectivity index is 1.44. The fraction of sp³-hybridized carbons (Fsp3) is 0.353. The Bertz CT molecular complexity index is 771. The first-order chi connectivity index (χ1) is 11.6. The molecule has 1 aromatic carbocycles. The van der Waals surface area contributed by atoms with Crippen LogP contribution in [0.2, 0.25) is 0 Å². The van der Waals surface area contributed by atoms with Crippen LogP contribution in [-0.4, -0.2) is 58.3 Å². The second-order valence-corrected chi connectivity index (χ2v) is 6.22. The maximum atomic E-state index is 12.7. The number of rotatable bonds is 2. The third kappa shape index (κ3) is 2.42. The van der Waals surface area contributed by atoms with Gasteiger partial charge in [0.15, 0.2) is 0 Å². The van der Waals surface area contributed by atoms with Gasteiger partial charge in [-0.05, 0) is 25.0 Å². The molecule has 24 heavy (non-hydrogen) atoms. The number of fused-ring (bicyclic) bond motifs is 1. The molecule has 0 radical (unpaired) electrons. The first-order valence-electron chi connectivity index (χ1n) is 8.10. The predicted molar refractivity (Wildman–Crippen MR) is 87.5 cm³/mol. The number of aromatic nitrogens is 1. The Hall–Kier alpha value is -2.83. The molecule has 3 heterocycles. The van der Waals surface area contributed by atoms with Crippen LogP contribution in [0.25, 0.3) is 10.9 Å². The Kier molecular flexibility index (Phi) is 3.48. The minimum absolute atomic E-state index is 0.0400. The molecule has 2 aliphatic heterocycles. The van der Waals surface area contributed by atoms with Gasteiger partial charge < -0.3 is 15.2 Å². The number of carbonyl (C=O) groups excluding carboxylic acids is 3. The number of piperidine rings is 1. The molecule has 2 fully saturated rings. The van der Waals surface area contributed by atoms with Gasteiger partial charge in [0.1, 0.15) is 5.69 Å². The normalized spacial score (nSPS) is 19.2. The second kappa shape index (κ2) is 5.67. The van der Waals surface area contributed by atoms with Gasteiger partial charge in [-0.2, -0.15) is 0 Å². The largest absolute Gasteiger partial charge is 0.351 e. The molecule has 7 heteroatoms. The molecule has 0 bridgehead atoms. The Morgan fingerprint density at radius 3 is 2.54 bits per heavy atom. The third-order valence-electron chi connectivity index (χ3n) is 4.76. The van der Waals surface area contributed by atoms with Crippen molar-refractivity contribution in [3.8, 4) is 0 Å². The summed E-state index contributed by atoms with van der Waals surface area (Å²) < 4.78 is 0. The number of hydrogen-bond donors (Lipinski definition) is 2. The standard InChI is InChI=1S/C17H18N4O3/c22-15-10-18-17(24)21(15)12-5-7-20(8-6-12)16(23)14-9-11-3-1-2-4-13(11)19-14/h1-4,9,12,19H,5-8,10H2,(H,18,24). The number of nitrogens with one attached hydrogen (secondary N) is 2. The Morgan fingerprint density at radius 2 is 1.88 bits per heavy atom. The summed E-state index contributed by atoms with van der Waals surface area (Å²) in [7, 11) is 0. The minimum atomic E-state index is -0.319. The van der Waals surface area contributed by atoms with Crippen molar-refractivity contribution in [2.75, 3.05) is 19.6 Å². The van der Waals surface area contributed by atoms with Gasteiger partial charge >= 0.3 is 6.03 Å². The van der Waals surface area contributed by atoms with E-state index in [4.69, 9.17) is 0 Å². The predicted octanol–water partition coefficient (Wildman–Crippen LogP) is 1.32. The summed E-state index contributed by atoms with van der Waals surface area (Å²) in [5.41, 5.74) is 1.51. The molecule has 4 amide bonds. The average Bonchev–Trinajstić information content (AvgIpc) is 3.18. The highest BCUT2D eigenvalue weighted by atomic mass is 16.2. The van der Waals surface area contributed by atoms with Gasteiger partial charge in [0.2, 0.25) is 5.91 Å². The van der Waals surface area contributed by atoms with Crippen molar-refractivity contribution in [3.05, 3.63) is 36.0 Å². The van der Waals surface area contributed by atoms with E-state index in [1.165, 1.54) is 4.90 Å². The molecule has 0 atom stereocenters. The van der Waals surface area contributed by atoms with Crippen molar-refractivity contribution in [1.82, 2.24) is 20.1 Å². The molecule has 0 unspecified atom stereocenters. The van der Waals surface area contributed by atoms with Crippen molar-refractivity contribution in [2.24, 2.45) is 0 Å². The number of aromatic amines is 1. The first kappa shape index (κ1) is 14.7. The monoisotopic (exact) mass is 326 g/mol. The van der Waals surface area contributed by atoms with E-state index in [0.717, 1.165) is 10.9 Å². The summed E-state index contributed by atoms with van der Waals surface area (Å²) >= 11 is 0. The van der Waals surface area contributed by atoms with E-state index in [1.54, 1.807) is 4.90 Å². The van der Waals surface area contributed by atoms with Crippen LogP contribution in [0.4, 0.5) is 4.79 Å². The molecule has 0 aliphatic carbocycles. The number of nitrogens with zero attached hydrogens (tertiary/aromatic N) is 2. The third-order valence-corrected chi connectivity index (χ3v) is 4.76. The van der Waals surface area contributed by atoms with Crippen LogP contribution in [0.15, 0.2) is 30.3 Å². The average molecular weight is 326 g/mol. The molecule has 1 aromatic heterocycles. The number of imide groups is 1. The number of hydrogen-bond acceptors (Lipinski definition) is 3. The lowest BCUT2D eigenvalue weighted by atomic mass is 10.0.